The molecule has 1 aromatic rings. The van der Waals surface area contributed by atoms with Gasteiger partial charge in [0, 0.05) is 11.6 Å². The van der Waals surface area contributed by atoms with Gasteiger partial charge < -0.3 is 4.90 Å². The van der Waals surface area contributed by atoms with Gasteiger partial charge in [0.2, 0.25) is 0 Å². The fourth-order valence-corrected chi connectivity index (χ4v) is 1.98. The van der Waals surface area contributed by atoms with E-state index in [2.05, 4.69) is 15.8 Å². The third-order valence-electron chi connectivity index (χ3n) is 3.07. The predicted molar refractivity (Wildman–Crippen MR) is 79.4 cm³/mol. The number of rotatable bonds is 3. The molecule has 5 heteroatoms. The van der Waals surface area contributed by atoms with Crippen LogP contribution in [0.2, 0.25) is 0 Å². The number of benzene rings is 1. The van der Waals surface area contributed by atoms with Crippen molar-refractivity contribution in [3.8, 4) is 0 Å². The maximum Gasteiger partial charge on any atom is 0.265 e. The van der Waals surface area contributed by atoms with Crippen LogP contribution in [0.3, 0.4) is 0 Å². The van der Waals surface area contributed by atoms with Gasteiger partial charge in [-0.3, -0.25) is 10.2 Å². The van der Waals surface area contributed by atoms with Gasteiger partial charge in [-0.05, 0) is 51.5 Å². The molecule has 1 unspecified atom stereocenters. The number of hydrogen-bond donors (Lipinski definition) is 2. The van der Waals surface area contributed by atoms with E-state index in [1.54, 1.807) is 0 Å². The molecule has 106 valence electrons. The van der Waals surface area contributed by atoms with Crippen molar-refractivity contribution in [2.75, 3.05) is 20.1 Å². The van der Waals surface area contributed by atoms with Crippen LogP contribution in [0.1, 0.15) is 36.5 Å². The van der Waals surface area contributed by atoms with Crippen LogP contribution in [0.4, 0.5) is 0 Å². The molecule has 1 atom stereocenters. The lowest BCUT2D eigenvalue weighted by atomic mass is 10.1. The fraction of sp³-hybridized carbons (Fsp3) is 0.500. The standard InChI is InChI=1S/C14H21N3O.ClH/c1-17-10-5-8-13(9-11-17)15-16-14(18)12-6-3-2-4-7-12;/h2-4,6-7,13,15H,5,8-11H2,1H3,(H,16,18);1H/i2D,3D,4D,6D,7D;. The van der Waals surface area contributed by atoms with Gasteiger partial charge in [0.1, 0.15) is 0 Å². The molecule has 1 heterocycles. The summed E-state index contributed by atoms with van der Waals surface area (Å²) < 4.78 is 38.3. The Morgan fingerprint density at radius 1 is 1.32 bits per heavy atom. The average Bonchev–Trinajstić information content (AvgIpc) is 2.73. The highest BCUT2D eigenvalue weighted by atomic mass is 35.5. The third-order valence-corrected chi connectivity index (χ3v) is 3.07. The first kappa shape index (κ1) is 9.75. The molecule has 0 aromatic heterocycles. The average molecular weight is 289 g/mol. The summed E-state index contributed by atoms with van der Waals surface area (Å²) in [6, 6.07) is -2.39. The molecule has 0 bridgehead atoms. The number of amides is 1. The largest absolute Gasteiger partial charge is 0.306 e. The molecule has 0 saturated carbocycles. The Balaban J connectivity index is 0.00000288. The minimum absolute atomic E-state index is 0. The quantitative estimate of drug-likeness (QED) is 0.834. The van der Waals surface area contributed by atoms with Gasteiger partial charge in [0.15, 0.2) is 0 Å². The predicted octanol–water partition coefficient (Wildman–Crippen LogP) is 1.83. The topological polar surface area (TPSA) is 44.4 Å². The lowest BCUT2D eigenvalue weighted by Crippen LogP contribution is -2.44. The summed E-state index contributed by atoms with van der Waals surface area (Å²) in [6.45, 7) is 1.93. The van der Waals surface area contributed by atoms with Crippen LogP contribution in [0.25, 0.3) is 0 Å². The van der Waals surface area contributed by atoms with Gasteiger partial charge in [0.25, 0.3) is 5.91 Å². The molecule has 2 rings (SSSR count). The van der Waals surface area contributed by atoms with Crippen molar-refractivity contribution < 1.29 is 11.6 Å². The van der Waals surface area contributed by atoms with Crippen molar-refractivity contribution in [3.05, 3.63) is 35.8 Å². The van der Waals surface area contributed by atoms with E-state index in [-0.39, 0.29) is 24.0 Å². The normalized spacial score (nSPS) is 23.8. The van der Waals surface area contributed by atoms with E-state index in [1.807, 2.05) is 7.05 Å². The van der Waals surface area contributed by atoms with Crippen LogP contribution in [-0.2, 0) is 0 Å². The van der Waals surface area contributed by atoms with E-state index >= 15 is 0 Å². The molecule has 1 amide bonds. The molecule has 1 fully saturated rings. The van der Waals surface area contributed by atoms with Crippen LogP contribution in [0.15, 0.2) is 30.2 Å². The molecule has 1 saturated heterocycles. The summed E-state index contributed by atoms with van der Waals surface area (Å²) in [5, 5.41) is 0. The maximum absolute atomic E-state index is 12.2. The van der Waals surface area contributed by atoms with E-state index in [0.717, 1.165) is 32.4 Å². The SMILES string of the molecule is Cl.[2H]c1c([2H])c([2H])c(C(=O)NNC2CCCN(C)CC2)c([2H])c1[2H]. The Hall–Kier alpha value is -1.10. The first-order valence-electron chi connectivity index (χ1n) is 8.64. The summed E-state index contributed by atoms with van der Waals surface area (Å²) in [7, 11) is 2.05. The number of carbonyl (C=O) groups is 1. The van der Waals surface area contributed by atoms with E-state index in [9.17, 15) is 4.79 Å². The van der Waals surface area contributed by atoms with Gasteiger partial charge in [-0.15, -0.1) is 12.4 Å². The molecule has 0 aliphatic carbocycles. The zero-order chi connectivity index (χ0) is 17.1. The second-order valence-electron chi connectivity index (χ2n) is 4.53. The summed E-state index contributed by atoms with van der Waals surface area (Å²) in [4.78, 5) is 14.5. The molecule has 2 N–H and O–H groups in total. The van der Waals surface area contributed by atoms with E-state index in [0.29, 0.717) is 0 Å². The zero-order valence-electron chi connectivity index (χ0n) is 15.9. The number of carbonyl (C=O) groups excluding carboxylic acids is 1. The second kappa shape index (κ2) is 8.15. The van der Waals surface area contributed by atoms with Crippen molar-refractivity contribution in [1.29, 1.82) is 0 Å². The number of nitrogens with zero attached hydrogens (tertiary/aromatic N) is 1. The Morgan fingerprint density at radius 3 is 2.79 bits per heavy atom. The van der Waals surface area contributed by atoms with E-state index in [4.69, 9.17) is 6.85 Å². The van der Waals surface area contributed by atoms with Crippen LogP contribution in [0, 0.1) is 0 Å². The molecule has 19 heavy (non-hydrogen) atoms. The first-order chi connectivity index (χ1) is 10.8. The van der Waals surface area contributed by atoms with Crippen molar-refractivity contribution in [2.45, 2.75) is 25.3 Å². The lowest BCUT2D eigenvalue weighted by molar-refractivity contribution is 0.0923. The molecule has 1 aliphatic heterocycles. The van der Waals surface area contributed by atoms with Crippen molar-refractivity contribution in [3.63, 3.8) is 0 Å². The lowest BCUT2D eigenvalue weighted by Gasteiger charge is -2.17. The van der Waals surface area contributed by atoms with Gasteiger partial charge in [-0.2, -0.15) is 0 Å². The highest BCUT2D eigenvalue weighted by Crippen LogP contribution is 2.08. The summed E-state index contributed by atoms with van der Waals surface area (Å²) in [5.41, 5.74) is 5.08. The van der Waals surface area contributed by atoms with Crippen molar-refractivity contribution in [1.82, 2.24) is 15.8 Å². The van der Waals surface area contributed by atoms with E-state index in [1.165, 1.54) is 0 Å². The highest BCUT2D eigenvalue weighted by Gasteiger charge is 2.15. The molecular weight excluding hydrogens is 262 g/mol. The van der Waals surface area contributed by atoms with Gasteiger partial charge in [0.05, 0.1) is 6.85 Å². The number of likely N-dealkylation sites (tertiary alicyclic amines) is 1. The number of nitrogens with one attached hydrogen (secondary N) is 2. The number of hydrazine groups is 1. The van der Waals surface area contributed by atoms with Crippen LogP contribution in [-0.4, -0.2) is 37.0 Å². The zero-order valence-corrected chi connectivity index (χ0v) is 11.7. The number of hydrogen-bond acceptors (Lipinski definition) is 3. The van der Waals surface area contributed by atoms with Gasteiger partial charge >= 0.3 is 0 Å². The summed E-state index contributed by atoms with van der Waals surface area (Å²) in [5.74, 6) is -0.709. The van der Waals surface area contributed by atoms with Gasteiger partial charge in [-0.1, -0.05) is 18.1 Å². The highest BCUT2D eigenvalue weighted by molar-refractivity contribution is 5.93. The van der Waals surface area contributed by atoms with Crippen LogP contribution in [0.5, 0.6) is 0 Å². The molecule has 1 aromatic carbocycles. The minimum atomic E-state index is -0.709. The van der Waals surface area contributed by atoms with E-state index < -0.39 is 36.1 Å². The Bertz CT molecular complexity index is 588. The third kappa shape index (κ3) is 5.19. The Morgan fingerprint density at radius 2 is 2.05 bits per heavy atom. The molecule has 0 radical (unpaired) electrons. The smallest absolute Gasteiger partial charge is 0.265 e. The Labute approximate surface area is 128 Å². The fourth-order valence-electron chi connectivity index (χ4n) is 1.98. The van der Waals surface area contributed by atoms with Crippen molar-refractivity contribution in [2.24, 2.45) is 0 Å². The Kier molecular flexibility index (Phi) is 4.18. The maximum atomic E-state index is 12.2. The van der Waals surface area contributed by atoms with Crippen LogP contribution >= 0.6 is 12.4 Å². The number of halogens is 1. The molecule has 0 spiro atoms. The molecule has 4 nitrogen and oxygen atoms in total. The van der Waals surface area contributed by atoms with Gasteiger partial charge in [-0.25, -0.2) is 5.43 Å². The van der Waals surface area contributed by atoms with Crippen LogP contribution < -0.4 is 10.9 Å². The minimum Gasteiger partial charge on any atom is -0.306 e. The molecular formula is C14H22ClN3O. The summed E-state index contributed by atoms with van der Waals surface area (Å²) in [6.07, 6.45) is 2.79. The first-order valence-corrected chi connectivity index (χ1v) is 6.14. The monoisotopic (exact) mass is 288 g/mol. The summed E-state index contributed by atoms with van der Waals surface area (Å²) >= 11 is 0. The molecule has 1 aliphatic rings. The van der Waals surface area contributed by atoms with Crippen molar-refractivity contribution >= 4 is 18.3 Å². The second-order valence-corrected chi connectivity index (χ2v) is 4.53.